The zero-order valence-corrected chi connectivity index (χ0v) is 10.7. The Morgan fingerprint density at radius 1 is 0.895 bits per heavy atom. The van der Waals surface area contributed by atoms with Gasteiger partial charge in [0.05, 0.1) is 5.56 Å². The van der Waals surface area contributed by atoms with Gasteiger partial charge in [-0.2, -0.15) is 0 Å². The molecule has 0 aliphatic rings. The van der Waals surface area contributed by atoms with Crippen molar-refractivity contribution in [1.29, 1.82) is 0 Å². The number of amides is 1. The van der Waals surface area contributed by atoms with Crippen LogP contribution in [0.5, 0.6) is 0 Å². The van der Waals surface area contributed by atoms with Gasteiger partial charge in [-0.1, -0.05) is 43.3 Å². The van der Waals surface area contributed by atoms with E-state index in [1.807, 2.05) is 30.3 Å². The minimum absolute atomic E-state index is 0.0289. The normalized spacial score (nSPS) is 9.95. The minimum atomic E-state index is -0.261. The van der Waals surface area contributed by atoms with Crippen molar-refractivity contribution >= 4 is 17.4 Å². The number of nitrogens with one attached hydrogen (secondary N) is 1. The highest BCUT2D eigenvalue weighted by Crippen LogP contribution is 2.14. The number of carbonyl (C=O) groups is 2. The molecule has 1 N–H and O–H groups in total. The zero-order chi connectivity index (χ0) is 13.7. The summed E-state index contributed by atoms with van der Waals surface area (Å²) in [6.45, 7) is 1.79. The molecule has 0 saturated carbocycles. The molecule has 3 nitrogen and oxygen atoms in total. The summed E-state index contributed by atoms with van der Waals surface area (Å²) >= 11 is 0. The molecule has 0 aliphatic carbocycles. The fraction of sp³-hybridized carbons (Fsp3) is 0.125. The maximum absolute atomic E-state index is 12.2. The van der Waals surface area contributed by atoms with Crippen LogP contribution in [-0.2, 0) is 0 Å². The zero-order valence-electron chi connectivity index (χ0n) is 10.7. The second kappa shape index (κ2) is 5.96. The van der Waals surface area contributed by atoms with Gasteiger partial charge >= 0.3 is 0 Å². The molecule has 0 unspecified atom stereocenters. The van der Waals surface area contributed by atoms with Crippen molar-refractivity contribution in [3.05, 3.63) is 65.7 Å². The van der Waals surface area contributed by atoms with Crippen LogP contribution in [0.2, 0.25) is 0 Å². The van der Waals surface area contributed by atoms with Gasteiger partial charge in [-0.05, 0) is 18.2 Å². The lowest BCUT2D eigenvalue weighted by Crippen LogP contribution is -2.16. The Morgan fingerprint density at radius 3 is 2.11 bits per heavy atom. The molecule has 0 bridgehead atoms. The summed E-state index contributed by atoms with van der Waals surface area (Å²) in [4.78, 5) is 24.0. The third-order valence-corrected chi connectivity index (χ3v) is 2.82. The van der Waals surface area contributed by atoms with Crippen molar-refractivity contribution in [1.82, 2.24) is 0 Å². The molecule has 1 amide bonds. The predicted molar refractivity (Wildman–Crippen MR) is 75.5 cm³/mol. The van der Waals surface area contributed by atoms with Crippen molar-refractivity contribution in [3.63, 3.8) is 0 Å². The van der Waals surface area contributed by atoms with Gasteiger partial charge in [-0.3, -0.25) is 9.59 Å². The van der Waals surface area contributed by atoms with Crippen LogP contribution in [0.3, 0.4) is 0 Å². The lowest BCUT2D eigenvalue weighted by molar-refractivity contribution is 0.0968. The molecular formula is C16H15NO2. The number of carbonyl (C=O) groups excluding carboxylic acids is 2. The monoisotopic (exact) mass is 253 g/mol. The van der Waals surface area contributed by atoms with Gasteiger partial charge in [0.15, 0.2) is 5.78 Å². The predicted octanol–water partition coefficient (Wildman–Crippen LogP) is 3.53. The van der Waals surface area contributed by atoms with Crippen molar-refractivity contribution in [3.8, 4) is 0 Å². The van der Waals surface area contributed by atoms with Crippen LogP contribution in [0.1, 0.15) is 34.1 Å². The van der Waals surface area contributed by atoms with E-state index in [0.29, 0.717) is 23.2 Å². The molecule has 0 aliphatic heterocycles. The summed E-state index contributed by atoms with van der Waals surface area (Å²) in [6.07, 6.45) is 0.385. The third-order valence-electron chi connectivity index (χ3n) is 2.82. The summed E-state index contributed by atoms with van der Waals surface area (Å²) in [5.74, 6) is -0.289. The van der Waals surface area contributed by atoms with E-state index in [9.17, 15) is 9.59 Å². The van der Waals surface area contributed by atoms with Crippen LogP contribution in [0.4, 0.5) is 5.69 Å². The van der Waals surface area contributed by atoms with Crippen LogP contribution in [0, 0.1) is 0 Å². The van der Waals surface area contributed by atoms with Crippen LogP contribution >= 0.6 is 0 Å². The molecule has 3 heteroatoms. The molecule has 0 atom stereocenters. The first kappa shape index (κ1) is 13.0. The van der Waals surface area contributed by atoms with Crippen molar-refractivity contribution in [2.45, 2.75) is 13.3 Å². The van der Waals surface area contributed by atoms with E-state index in [4.69, 9.17) is 0 Å². The summed E-state index contributed by atoms with van der Waals surface area (Å²) in [5, 5.41) is 2.79. The van der Waals surface area contributed by atoms with Gasteiger partial charge in [0.1, 0.15) is 0 Å². The van der Waals surface area contributed by atoms with E-state index in [1.165, 1.54) is 0 Å². The number of rotatable bonds is 4. The average molecular weight is 253 g/mol. The van der Waals surface area contributed by atoms with E-state index in [1.54, 1.807) is 31.2 Å². The molecule has 0 heterocycles. The van der Waals surface area contributed by atoms with E-state index < -0.39 is 0 Å². The number of Topliss-reactive ketones (excluding diaryl/α,β-unsaturated/α-hetero) is 1. The Hall–Kier alpha value is -2.42. The van der Waals surface area contributed by atoms with E-state index in [-0.39, 0.29) is 11.7 Å². The number of hydrogen-bond donors (Lipinski definition) is 1. The van der Waals surface area contributed by atoms with E-state index in [2.05, 4.69) is 5.32 Å². The van der Waals surface area contributed by atoms with Crippen LogP contribution < -0.4 is 5.32 Å². The largest absolute Gasteiger partial charge is 0.322 e. The Morgan fingerprint density at radius 2 is 1.47 bits per heavy atom. The SMILES string of the molecule is CCC(=O)c1ccccc1C(=O)Nc1ccccc1. The fourth-order valence-electron chi connectivity index (χ4n) is 1.83. The first-order valence-corrected chi connectivity index (χ1v) is 6.21. The second-order valence-corrected chi connectivity index (χ2v) is 4.14. The molecule has 0 radical (unpaired) electrons. The highest BCUT2D eigenvalue weighted by Gasteiger charge is 2.15. The van der Waals surface area contributed by atoms with E-state index in [0.717, 1.165) is 0 Å². The molecule has 96 valence electrons. The molecule has 0 spiro atoms. The number of hydrogen-bond acceptors (Lipinski definition) is 2. The van der Waals surface area contributed by atoms with E-state index >= 15 is 0 Å². The molecule has 19 heavy (non-hydrogen) atoms. The first-order valence-electron chi connectivity index (χ1n) is 6.21. The first-order chi connectivity index (χ1) is 9.22. The maximum atomic E-state index is 12.2. The molecule has 2 aromatic rings. The molecule has 0 fully saturated rings. The van der Waals surface area contributed by atoms with Crippen molar-refractivity contribution < 1.29 is 9.59 Å². The van der Waals surface area contributed by atoms with Gasteiger partial charge < -0.3 is 5.32 Å². The number of anilines is 1. The molecular weight excluding hydrogens is 238 g/mol. The van der Waals surface area contributed by atoms with Gasteiger partial charge in [-0.25, -0.2) is 0 Å². The smallest absolute Gasteiger partial charge is 0.256 e. The molecule has 2 rings (SSSR count). The number of ketones is 1. The van der Waals surface area contributed by atoms with Gasteiger partial charge in [0.25, 0.3) is 5.91 Å². The summed E-state index contributed by atoms with van der Waals surface area (Å²) in [7, 11) is 0. The third kappa shape index (κ3) is 3.07. The second-order valence-electron chi connectivity index (χ2n) is 4.14. The Kier molecular flexibility index (Phi) is 4.08. The maximum Gasteiger partial charge on any atom is 0.256 e. The van der Waals surface area contributed by atoms with Gasteiger partial charge in [0, 0.05) is 17.7 Å². The molecule has 2 aromatic carbocycles. The Labute approximate surface area is 112 Å². The van der Waals surface area contributed by atoms with Gasteiger partial charge in [0.2, 0.25) is 0 Å². The topological polar surface area (TPSA) is 46.2 Å². The summed E-state index contributed by atoms with van der Waals surface area (Å²) in [5.41, 5.74) is 1.60. The fourth-order valence-corrected chi connectivity index (χ4v) is 1.83. The average Bonchev–Trinajstić information content (AvgIpc) is 2.47. The quantitative estimate of drug-likeness (QED) is 0.847. The lowest BCUT2D eigenvalue weighted by Gasteiger charge is -2.08. The lowest BCUT2D eigenvalue weighted by atomic mass is 10.0. The van der Waals surface area contributed by atoms with Gasteiger partial charge in [-0.15, -0.1) is 0 Å². The summed E-state index contributed by atoms with van der Waals surface area (Å²) in [6, 6.07) is 16.1. The van der Waals surface area contributed by atoms with Crippen molar-refractivity contribution in [2.75, 3.05) is 5.32 Å². The van der Waals surface area contributed by atoms with Crippen LogP contribution in [-0.4, -0.2) is 11.7 Å². The molecule has 0 saturated heterocycles. The minimum Gasteiger partial charge on any atom is -0.322 e. The summed E-state index contributed by atoms with van der Waals surface area (Å²) < 4.78 is 0. The highest BCUT2D eigenvalue weighted by atomic mass is 16.2. The Bertz CT molecular complexity index is 591. The van der Waals surface area contributed by atoms with Crippen molar-refractivity contribution in [2.24, 2.45) is 0 Å². The number of para-hydroxylation sites is 1. The highest BCUT2D eigenvalue weighted by molar-refractivity contribution is 6.12. The standard InChI is InChI=1S/C16H15NO2/c1-2-15(18)13-10-6-7-11-14(13)16(19)17-12-8-4-3-5-9-12/h3-11H,2H2,1H3,(H,17,19). The van der Waals surface area contributed by atoms with Crippen LogP contribution in [0.25, 0.3) is 0 Å². The van der Waals surface area contributed by atoms with Crippen LogP contribution in [0.15, 0.2) is 54.6 Å². The number of benzene rings is 2. The molecule has 0 aromatic heterocycles. The Balaban J connectivity index is 2.27.